The number of carbonyl (C=O) groups excluding carboxylic acids is 5. The third-order valence-corrected chi connectivity index (χ3v) is 8.82. The van der Waals surface area contributed by atoms with E-state index in [1.807, 2.05) is 24.3 Å². The van der Waals surface area contributed by atoms with Crippen LogP contribution in [0, 0.1) is 5.82 Å². The van der Waals surface area contributed by atoms with Gasteiger partial charge in [-0.15, -0.1) is 0 Å². The Morgan fingerprint density at radius 1 is 0.958 bits per heavy atom. The Kier molecular flexibility index (Phi) is 9.67. The van der Waals surface area contributed by atoms with Crippen molar-refractivity contribution in [3.8, 4) is 11.5 Å². The Hall–Kier alpha value is -5.30. The number of rotatable bonds is 11. The van der Waals surface area contributed by atoms with Gasteiger partial charge in [-0.2, -0.15) is 0 Å². The molecule has 2 saturated heterocycles. The minimum atomic E-state index is -1.02. The molecule has 2 fully saturated rings. The molecular formula is C35H36FN5O7. The van der Waals surface area contributed by atoms with Gasteiger partial charge in [-0.25, -0.2) is 4.39 Å². The van der Waals surface area contributed by atoms with Crippen molar-refractivity contribution in [2.45, 2.75) is 44.3 Å². The lowest BCUT2D eigenvalue weighted by atomic mass is 10.0. The van der Waals surface area contributed by atoms with Crippen molar-refractivity contribution < 1.29 is 37.8 Å². The van der Waals surface area contributed by atoms with Gasteiger partial charge in [0.15, 0.2) is 0 Å². The minimum Gasteiger partial charge on any atom is -0.497 e. The van der Waals surface area contributed by atoms with Crippen LogP contribution < -0.4 is 25.4 Å². The summed E-state index contributed by atoms with van der Waals surface area (Å²) >= 11 is 0. The number of nitrogens with zero attached hydrogens (tertiary/aromatic N) is 2. The zero-order valence-electron chi connectivity index (χ0n) is 26.4. The number of halogens is 1. The van der Waals surface area contributed by atoms with E-state index in [2.05, 4.69) is 20.9 Å². The molecule has 3 aliphatic heterocycles. The lowest BCUT2D eigenvalue weighted by molar-refractivity contribution is -0.136. The highest BCUT2D eigenvalue weighted by atomic mass is 19.1. The Morgan fingerprint density at radius 2 is 1.71 bits per heavy atom. The quantitative estimate of drug-likeness (QED) is 0.209. The second kappa shape index (κ2) is 14.2. The monoisotopic (exact) mass is 657 g/mol. The van der Waals surface area contributed by atoms with Crippen LogP contribution in [-0.4, -0.2) is 84.8 Å². The molecule has 0 bridgehead atoms. The van der Waals surface area contributed by atoms with Gasteiger partial charge in [0, 0.05) is 44.3 Å². The summed E-state index contributed by atoms with van der Waals surface area (Å²) in [6.45, 7) is 2.97. The summed E-state index contributed by atoms with van der Waals surface area (Å²) in [7, 11) is 1.47. The topological polar surface area (TPSA) is 146 Å². The Bertz CT molecular complexity index is 1740. The van der Waals surface area contributed by atoms with Gasteiger partial charge < -0.3 is 20.1 Å². The Morgan fingerprint density at radius 3 is 2.44 bits per heavy atom. The Labute approximate surface area is 276 Å². The van der Waals surface area contributed by atoms with Crippen LogP contribution in [0.3, 0.4) is 0 Å². The highest BCUT2D eigenvalue weighted by Gasteiger charge is 2.45. The number of piperidine rings is 2. The number of anilines is 1. The molecule has 0 aromatic heterocycles. The molecule has 3 N–H and O–H groups in total. The fourth-order valence-corrected chi connectivity index (χ4v) is 6.27. The molecule has 48 heavy (non-hydrogen) atoms. The first-order valence-electron chi connectivity index (χ1n) is 15.9. The number of hydrogen-bond acceptors (Lipinski definition) is 9. The molecule has 1 unspecified atom stereocenters. The van der Waals surface area contributed by atoms with Crippen molar-refractivity contribution in [2.75, 3.05) is 38.7 Å². The van der Waals surface area contributed by atoms with E-state index >= 15 is 0 Å². The SMILES string of the molecule is COc1ccc(F)c(C(=O)NC2CCN(Cc3ccc(OCCNc4cccc5c4C(=O)N(C4CCC(=O)NC4=O)C5=O)cc3)CC2)c1. The van der Waals surface area contributed by atoms with Crippen LogP contribution in [0.2, 0.25) is 0 Å². The average Bonchev–Trinajstić information content (AvgIpc) is 3.34. The van der Waals surface area contributed by atoms with Gasteiger partial charge in [0.25, 0.3) is 17.7 Å². The highest BCUT2D eigenvalue weighted by molar-refractivity contribution is 6.25. The van der Waals surface area contributed by atoms with E-state index in [1.54, 1.807) is 18.2 Å². The predicted octanol–water partition coefficient (Wildman–Crippen LogP) is 3.12. The second-order valence-corrected chi connectivity index (χ2v) is 12.0. The molecule has 6 rings (SSSR count). The number of carbonyl (C=O) groups is 5. The van der Waals surface area contributed by atoms with Gasteiger partial charge in [-0.1, -0.05) is 18.2 Å². The molecule has 0 radical (unpaired) electrons. The van der Waals surface area contributed by atoms with Crippen molar-refractivity contribution in [1.82, 2.24) is 20.4 Å². The van der Waals surface area contributed by atoms with Crippen LogP contribution in [0.4, 0.5) is 10.1 Å². The number of amides is 5. The van der Waals surface area contributed by atoms with Crippen LogP contribution in [0.5, 0.6) is 11.5 Å². The number of imide groups is 2. The fourth-order valence-electron chi connectivity index (χ4n) is 6.27. The lowest BCUT2D eigenvalue weighted by Gasteiger charge is -2.32. The van der Waals surface area contributed by atoms with Crippen LogP contribution in [0.1, 0.15) is 62.3 Å². The third kappa shape index (κ3) is 7.00. The standard InChI is InChI=1S/C35H36FN5O7/c1-47-24-9-10-27(36)26(19-24)32(43)38-22-13-16-40(17-14-22)20-21-5-7-23(8-6-21)48-18-15-37-28-4-2-3-25-31(28)35(46)41(34(25)45)29-11-12-30(42)39-33(29)44/h2-10,19,22,29,37H,11-18,20H2,1H3,(H,38,43)(H,39,42,44). The van der Waals surface area contributed by atoms with E-state index in [0.29, 0.717) is 30.3 Å². The normalized spacial score (nSPS) is 18.4. The molecule has 0 aliphatic carbocycles. The lowest BCUT2D eigenvalue weighted by Crippen LogP contribution is -2.54. The molecule has 1 atom stereocenters. The summed E-state index contributed by atoms with van der Waals surface area (Å²) in [6, 6.07) is 15.8. The molecule has 5 amide bonds. The first kappa shape index (κ1) is 32.6. The number of hydrogen-bond donors (Lipinski definition) is 3. The van der Waals surface area contributed by atoms with Crippen molar-refractivity contribution in [1.29, 1.82) is 0 Å². The van der Waals surface area contributed by atoms with Crippen molar-refractivity contribution >= 4 is 35.2 Å². The smallest absolute Gasteiger partial charge is 0.264 e. The number of benzene rings is 3. The molecule has 0 saturated carbocycles. The number of methoxy groups -OCH3 is 1. The summed E-state index contributed by atoms with van der Waals surface area (Å²) in [5, 5.41) is 8.32. The third-order valence-electron chi connectivity index (χ3n) is 8.82. The minimum absolute atomic E-state index is 0.0246. The number of nitrogens with one attached hydrogen (secondary N) is 3. The fraction of sp³-hybridized carbons (Fsp3) is 0.343. The summed E-state index contributed by atoms with van der Waals surface area (Å²) in [4.78, 5) is 66.1. The maximum absolute atomic E-state index is 14.2. The van der Waals surface area contributed by atoms with Gasteiger partial charge in [-0.3, -0.25) is 39.1 Å². The van der Waals surface area contributed by atoms with E-state index in [0.717, 1.165) is 42.9 Å². The van der Waals surface area contributed by atoms with Crippen LogP contribution >= 0.6 is 0 Å². The first-order chi connectivity index (χ1) is 23.2. The molecule has 3 aliphatic rings. The largest absolute Gasteiger partial charge is 0.497 e. The Balaban J connectivity index is 0.945. The highest BCUT2D eigenvalue weighted by Crippen LogP contribution is 2.32. The zero-order valence-corrected chi connectivity index (χ0v) is 26.4. The summed E-state index contributed by atoms with van der Waals surface area (Å²) in [5.41, 5.74) is 1.97. The predicted molar refractivity (Wildman–Crippen MR) is 172 cm³/mol. The number of likely N-dealkylation sites (tertiary alicyclic amines) is 1. The van der Waals surface area contributed by atoms with E-state index in [-0.39, 0.29) is 35.6 Å². The zero-order chi connectivity index (χ0) is 33.8. The molecule has 250 valence electrons. The van der Waals surface area contributed by atoms with Crippen LogP contribution in [0.15, 0.2) is 60.7 Å². The molecule has 13 heteroatoms. The molecule has 3 aromatic rings. The molecular weight excluding hydrogens is 621 g/mol. The molecule has 0 spiro atoms. The van der Waals surface area contributed by atoms with Gasteiger partial charge in [0.1, 0.15) is 30.0 Å². The first-order valence-corrected chi connectivity index (χ1v) is 15.9. The summed E-state index contributed by atoms with van der Waals surface area (Å²) in [6.07, 6.45) is 1.66. The van der Waals surface area contributed by atoms with Crippen molar-refractivity contribution in [3.05, 3.63) is 88.7 Å². The summed E-state index contributed by atoms with van der Waals surface area (Å²) < 4.78 is 25.2. The second-order valence-electron chi connectivity index (χ2n) is 12.0. The number of fused-ring (bicyclic) bond motifs is 1. The van der Waals surface area contributed by atoms with E-state index in [1.165, 1.54) is 25.3 Å². The number of ether oxygens (including phenoxy) is 2. The van der Waals surface area contributed by atoms with Gasteiger partial charge in [-0.05, 0) is 67.3 Å². The maximum Gasteiger partial charge on any atom is 0.264 e. The molecule has 3 heterocycles. The van der Waals surface area contributed by atoms with Gasteiger partial charge >= 0.3 is 0 Å². The van der Waals surface area contributed by atoms with E-state index in [4.69, 9.17) is 9.47 Å². The maximum atomic E-state index is 14.2. The molecule has 12 nitrogen and oxygen atoms in total. The van der Waals surface area contributed by atoms with Crippen LogP contribution in [0.25, 0.3) is 0 Å². The van der Waals surface area contributed by atoms with Gasteiger partial charge in [0.2, 0.25) is 11.8 Å². The summed E-state index contributed by atoms with van der Waals surface area (Å²) in [5.74, 6) is -2.10. The van der Waals surface area contributed by atoms with E-state index < -0.39 is 41.4 Å². The van der Waals surface area contributed by atoms with Crippen LogP contribution in [-0.2, 0) is 16.1 Å². The van der Waals surface area contributed by atoms with Crippen molar-refractivity contribution in [2.24, 2.45) is 0 Å². The van der Waals surface area contributed by atoms with Crippen molar-refractivity contribution in [3.63, 3.8) is 0 Å². The molecule has 3 aromatic carbocycles. The van der Waals surface area contributed by atoms with Gasteiger partial charge in [0.05, 0.1) is 23.8 Å². The van der Waals surface area contributed by atoms with E-state index in [9.17, 15) is 28.4 Å². The average molecular weight is 658 g/mol.